The Kier molecular flexibility index (Phi) is 8.61. The van der Waals surface area contributed by atoms with Gasteiger partial charge >= 0.3 is 6.18 Å². The lowest BCUT2D eigenvalue weighted by Gasteiger charge is -2.44. The number of methoxy groups -OCH3 is 2. The number of benzene rings is 2. The van der Waals surface area contributed by atoms with Gasteiger partial charge in [-0.05, 0) is 43.7 Å². The molecule has 2 aromatic carbocycles. The smallest absolute Gasteiger partial charge is 0.433 e. The van der Waals surface area contributed by atoms with Gasteiger partial charge in [-0.1, -0.05) is 25.1 Å². The molecule has 2 atom stereocenters. The number of aliphatic hydroxyl groups excluding tert-OH is 1. The number of alkyl halides is 3. The average Bonchev–Trinajstić information content (AvgIpc) is 3.43. The standard InChI is InChI=1S/C31H34F3N5O4/c1-5-21-17-37(25(18-40)23-8-6-7-9-26(23)43-4)14-15-38(21)30(41)24-16-35-39-28(31(32,33)34)19(2)27(36-29(24)39)20-10-12-22(42-3)13-11-20/h6-13,16,21,25,40H,5,14-15,17-18H2,1-4H3/t21?,25-/m0/s1. The average molecular weight is 598 g/mol. The van der Waals surface area contributed by atoms with E-state index < -0.39 is 17.8 Å². The number of para-hydroxylation sites is 1. The van der Waals surface area contributed by atoms with Gasteiger partial charge in [0.25, 0.3) is 5.91 Å². The molecular weight excluding hydrogens is 563 g/mol. The van der Waals surface area contributed by atoms with Gasteiger partial charge in [-0.2, -0.15) is 18.3 Å². The minimum Gasteiger partial charge on any atom is -0.497 e. The first kappa shape index (κ1) is 30.3. The molecule has 43 heavy (non-hydrogen) atoms. The van der Waals surface area contributed by atoms with Gasteiger partial charge in [0, 0.05) is 42.4 Å². The van der Waals surface area contributed by atoms with Crippen LogP contribution in [0.15, 0.2) is 54.7 Å². The number of rotatable bonds is 8. The van der Waals surface area contributed by atoms with Gasteiger partial charge < -0.3 is 19.5 Å². The number of ether oxygens (including phenoxy) is 2. The van der Waals surface area contributed by atoms with E-state index in [1.807, 2.05) is 31.2 Å². The lowest BCUT2D eigenvalue weighted by atomic mass is 10.0. The molecule has 1 unspecified atom stereocenters. The summed E-state index contributed by atoms with van der Waals surface area (Å²) in [5, 5.41) is 14.3. The maximum atomic E-state index is 14.4. The normalized spacial score (nSPS) is 16.8. The number of nitrogens with zero attached hydrogens (tertiary/aromatic N) is 5. The van der Waals surface area contributed by atoms with E-state index in [1.165, 1.54) is 20.2 Å². The minimum absolute atomic E-state index is 0.00408. The Morgan fingerprint density at radius 3 is 2.44 bits per heavy atom. The Hall–Kier alpha value is -4.16. The van der Waals surface area contributed by atoms with E-state index in [-0.39, 0.29) is 41.2 Å². The molecule has 0 saturated carbocycles. The molecule has 0 aliphatic carbocycles. The predicted molar refractivity (Wildman–Crippen MR) is 154 cm³/mol. The Balaban J connectivity index is 1.51. The summed E-state index contributed by atoms with van der Waals surface area (Å²) in [7, 11) is 3.08. The maximum absolute atomic E-state index is 14.4. The first-order chi connectivity index (χ1) is 20.6. The largest absolute Gasteiger partial charge is 0.497 e. The van der Waals surface area contributed by atoms with E-state index in [2.05, 4.69) is 15.0 Å². The van der Waals surface area contributed by atoms with Crippen LogP contribution in [0.2, 0.25) is 0 Å². The maximum Gasteiger partial charge on any atom is 0.433 e. The predicted octanol–water partition coefficient (Wildman–Crippen LogP) is 5.01. The van der Waals surface area contributed by atoms with Crippen LogP contribution >= 0.6 is 0 Å². The Bertz CT molecular complexity index is 1610. The second-order valence-electron chi connectivity index (χ2n) is 10.4. The van der Waals surface area contributed by atoms with Crippen LogP contribution in [-0.4, -0.2) is 81.9 Å². The first-order valence-electron chi connectivity index (χ1n) is 14.0. The number of aliphatic hydroxyl groups is 1. The van der Waals surface area contributed by atoms with Crippen molar-refractivity contribution in [1.29, 1.82) is 0 Å². The molecule has 5 rings (SSSR count). The van der Waals surface area contributed by atoms with Crippen molar-refractivity contribution in [2.24, 2.45) is 0 Å². The number of piperazine rings is 1. The van der Waals surface area contributed by atoms with E-state index in [0.717, 1.165) is 10.1 Å². The third kappa shape index (κ3) is 5.64. The molecule has 3 heterocycles. The summed E-state index contributed by atoms with van der Waals surface area (Å²) in [5.41, 5.74) is 0.160. The van der Waals surface area contributed by atoms with Crippen molar-refractivity contribution in [2.45, 2.75) is 38.5 Å². The first-order valence-corrected chi connectivity index (χ1v) is 14.0. The van der Waals surface area contributed by atoms with Crippen molar-refractivity contribution in [3.05, 3.63) is 77.1 Å². The molecule has 228 valence electrons. The van der Waals surface area contributed by atoms with Gasteiger partial charge in [-0.3, -0.25) is 9.69 Å². The topological polar surface area (TPSA) is 92.4 Å². The number of carbonyl (C=O) groups excluding carboxylic acids is 1. The molecule has 2 aromatic heterocycles. The van der Waals surface area contributed by atoms with Gasteiger partial charge in [0.1, 0.15) is 17.1 Å². The summed E-state index contributed by atoms with van der Waals surface area (Å²) in [6.07, 6.45) is -2.97. The van der Waals surface area contributed by atoms with Gasteiger partial charge in [0.15, 0.2) is 11.3 Å². The highest BCUT2D eigenvalue weighted by atomic mass is 19.4. The van der Waals surface area contributed by atoms with E-state index in [9.17, 15) is 23.1 Å². The molecule has 0 radical (unpaired) electrons. The zero-order valence-electron chi connectivity index (χ0n) is 24.4. The number of hydrogen-bond acceptors (Lipinski definition) is 7. The van der Waals surface area contributed by atoms with Gasteiger partial charge in [-0.15, -0.1) is 0 Å². The molecule has 12 heteroatoms. The highest BCUT2D eigenvalue weighted by Gasteiger charge is 2.40. The molecular formula is C31H34F3N5O4. The number of amides is 1. The van der Waals surface area contributed by atoms with E-state index in [1.54, 1.807) is 36.3 Å². The number of carbonyl (C=O) groups is 1. The highest BCUT2D eigenvalue weighted by molar-refractivity contribution is 6.00. The van der Waals surface area contributed by atoms with Crippen LogP contribution in [0.25, 0.3) is 16.9 Å². The molecule has 4 aromatic rings. The third-order valence-electron chi connectivity index (χ3n) is 8.10. The molecule has 0 bridgehead atoms. The van der Waals surface area contributed by atoms with Crippen molar-refractivity contribution >= 4 is 11.6 Å². The number of hydrogen-bond donors (Lipinski definition) is 1. The zero-order valence-corrected chi connectivity index (χ0v) is 24.4. The van der Waals surface area contributed by atoms with Crippen LogP contribution in [0.5, 0.6) is 11.5 Å². The summed E-state index contributed by atoms with van der Waals surface area (Å²) < 4.78 is 54.6. The van der Waals surface area contributed by atoms with E-state index >= 15 is 0 Å². The number of halogens is 3. The third-order valence-corrected chi connectivity index (χ3v) is 8.10. The molecule has 9 nitrogen and oxygen atoms in total. The molecule has 1 aliphatic rings. The summed E-state index contributed by atoms with van der Waals surface area (Å²) in [6, 6.07) is 13.4. The van der Waals surface area contributed by atoms with Crippen LogP contribution < -0.4 is 9.47 Å². The van der Waals surface area contributed by atoms with Crippen molar-refractivity contribution in [3.8, 4) is 22.8 Å². The Labute approximate surface area is 247 Å². The number of aromatic nitrogens is 3. The monoisotopic (exact) mass is 597 g/mol. The molecule has 1 saturated heterocycles. The van der Waals surface area contributed by atoms with Crippen LogP contribution in [-0.2, 0) is 6.18 Å². The fraction of sp³-hybridized carbons (Fsp3) is 0.387. The summed E-state index contributed by atoms with van der Waals surface area (Å²) in [6.45, 7) is 4.38. The fourth-order valence-corrected chi connectivity index (χ4v) is 5.87. The summed E-state index contributed by atoms with van der Waals surface area (Å²) in [5.74, 6) is 0.774. The van der Waals surface area contributed by atoms with Crippen LogP contribution in [0.1, 0.15) is 46.6 Å². The summed E-state index contributed by atoms with van der Waals surface area (Å²) >= 11 is 0. The number of fused-ring (bicyclic) bond motifs is 1. The van der Waals surface area contributed by atoms with E-state index in [4.69, 9.17) is 9.47 Å². The van der Waals surface area contributed by atoms with Crippen LogP contribution in [0.3, 0.4) is 0 Å². The van der Waals surface area contributed by atoms with Crippen molar-refractivity contribution in [1.82, 2.24) is 24.4 Å². The second-order valence-corrected chi connectivity index (χ2v) is 10.4. The quantitative estimate of drug-likeness (QED) is 0.305. The van der Waals surface area contributed by atoms with Crippen molar-refractivity contribution in [3.63, 3.8) is 0 Å². The molecule has 1 N–H and O–H groups in total. The van der Waals surface area contributed by atoms with Crippen molar-refractivity contribution < 1.29 is 32.5 Å². The second kappa shape index (κ2) is 12.2. The fourth-order valence-electron chi connectivity index (χ4n) is 5.87. The van der Waals surface area contributed by atoms with E-state index in [0.29, 0.717) is 43.1 Å². The molecule has 1 fully saturated rings. The van der Waals surface area contributed by atoms with Gasteiger partial charge in [0.05, 0.1) is 38.8 Å². The summed E-state index contributed by atoms with van der Waals surface area (Å²) in [4.78, 5) is 22.3. The minimum atomic E-state index is -4.74. The van der Waals surface area contributed by atoms with Gasteiger partial charge in [0.2, 0.25) is 0 Å². The Morgan fingerprint density at radius 1 is 1.09 bits per heavy atom. The van der Waals surface area contributed by atoms with Crippen LogP contribution in [0.4, 0.5) is 13.2 Å². The van der Waals surface area contributed by atoms with Gasteiger partial charge in [-0.25, -0.2) is 9.50 Å². The van der Waals surface area contributed by atoms with Crippen molar-refractivity contribution in [2.75, 3.05) is 40.5 Å². The molecule has 1 amide bonds. The Morgan fingerprint density at radius 2 is 1.81 bits per heavy atom. The highest BCUT2D eigenvalue weighted by Crippen LogP contribution is 2.37. The van der Waals surface area contributed by atoms with Crippen LogP contribution in [0, 0.1) is 6.92 Å². The zero-order chi connectivity index (χ0) is 30.9. The SMILES string of the molecule is CCC1CN([C@@H](CO)c2ccccc2OC)CCN1C(=O)c1cnn2c(C(F)(F)F)c(C)c(-c3ccc(OC)cc3)nc12. The molecule has 1 aliphatic heterocycles. The lowest BCUT2D eigenvalue weighted by molar-refractivity contribution is -0.143. The molecule has 0 spiro atoms. The lowest BCUT2D eigenvalue weighted by Crippen LogP contribution is -2.56.